The van der Waals surface area contributed by atoms with Crippen LogP contribution in [-0.4, -0.2) is 9.97 Å². The molecule has 0 bridgehead atoms. The predicted molar refractivity (Wildman–Crippen MR) is 128 cm³/mol. The van der Waals surface area contributed by atoms with E-state index < -0.39 is 0 Å². The van der Waals surface area contributed by atoms with Gasteiger partial charge in [0.05, 0.1) is 0 Å². The molecule has 3 nitrogen and oxygen atoms in total. The van der Waals surface area contributed by atoms with Gasteiger partial charge in [-0.2, -0.15) is 0 Å². The average molecular weight is 399 g/mol. The molecule has 148 valence electrons. The van der Waals surface area contributed by atoms with Crippen LogP contribution in [0.2, 0.25) is 0 Å². The first-order chi connectivity index (χ1) is 15.3. The Kier molecular flexibility index (Phi) is 4.99. The maximum atomic E-state index is 6.63. The van der Waals surface area contributed by atoms with Gasteiger partial charge < -0.3 is 5.73 Å². The third-order valence-corrected chi connectivity index (χ3v) is 5.53. The van der Waals surface area contributed by atoms with Gasteiger partial charge in [0, 0.05) is 41.6 Å². The summed E-state index contributed by atoms with van der Waals surface area (Å²) in [5.74, 6) is 0. The molecule has 2 heterocycles. The minimum Gasteiger partial charge on any atom is -0.398 e. The third-order valence-electron chi connectivity index (χ3n) is 5.53. The van der Waals surface area contributed by atoms with Gasteiger partial charge in [-0.05, 0) is 57.6 Å². The second kappa shape index (κ2) is 8.25. The Morgan fingerprint density at radius 3 is 1.10 bits per heavy atom. The highest BCUT2D eigenvalue weighted by molar-refractivity contribution is 5.89. The Labute approximate surface area is 181 Å². The van der Waals surface area contributed by atoms with Gasteiger partial charge in [-0.15, -0.1) is 0 Å². The minimum absolute atomic E-state index is 0.788. The van der Waals surface area contributed by atoms with Gasteiger partial charge in [-0.3, -0.25) is 9.97 Å². The zero-order valence-corrected chi connectivity index (χ0v) is 16.9. The molecule has 0 radical (unpaired) electrons. The van der Waals surface area contributed by atoms with E-state index >= 15 is 0 Å². The summed E-state index contributed by atoms with van der Waals surface area (Å²) < 4.78 is 0. The number of pyridine rings is 2. The smallest absolute Gasteiger partial charge is 0.0473 e. The van der Waals surface area contributed by atoms with E-state index in [1.165, 1.54) is 0 Å². The molecule has 2 aromatic heterocycles. The Morgan fingerprint density at radius 1 is 0.387 bits per heavy atom. The fourth-order valence-corrected chi connectivity index (χ4v) is 3.84. The highest BCUT2D eigenvalue weighted by Crippen LogP contribution is 2.36. The number of nitrogens with zero attached hydrogens (tertiary/aromatic N) is 2. The van der Waals surface area contributed by atoms with Crippen LogP contribution < -0.4 is 5.73 Å². The van der Waals surface area contributed by atoms with Crippen molar-refractivity contribution in [3.8, 4) is 44.5 Å². The molecule has 2 N–H and O–H groups in total. The largest absolute Gasteiger partial charge is 0.398 e. The molecule has 0 fully saturated rings. The van der Waals surface area contributed by atoms with Gasteiger partial charge in [-0.1, -0.05) is 66.7 Å². The van der Waals surface area contributed by atoms with Gasteiger partial charge in [0.1, 0.15) is 0 Å². The maximum Gasteiger partial charge on any atom is 0.0473 e. The van der Waals surface area contributed by atoms with Gasteiger partial charge in [-0.25, -0.2) is 0 Å². The highest BCUT2D eigenvalue weighted by Gasteiger charge is 2.10. The topological polar surface area (TPSA) is 51.8 Å². The molecule has 5 aromatic rings. The molecule has 0 saturated heterocycles. The van der Waals surface area contributed by atoms with Crippen molar-refractivity contribution in [3.63, 3.8) is 0 Å². The first-order valence-corrected chi connectivity index (χ1v) is 10.2. The highest BCUT2D eigenvalue weighted by atomic mass is 14.6. The molecule has 0 atom stereocenters. The Hall–Kier alpha value is -4.24. The first kappa shape index (κ1) is 18.8. The number of hydrogen-bond donors (Lipinski definition) is 1. The number of benzene rings is 3. The van der Waals surface area contributed by atoms with Gasteiger partial charge in [0.15, 0.2) is 0 Å². The van der Waals surface area contributed by atoms with Crippen LogP contribution in [0.4, 0.5) is 5.69 Å². The first-order valence-electron chi connectivity index (χ1n) is 10.2. The van der Waals surface area contributed by atoms with Gasteiger partial charge in [0.2, 0.25) is 0 Å². The van der Waals surface area contributed by atoms with Crippen LogP contribution in [0.15, 0.2) is 116 Å². The fraction of sp³-hybridized carbons (Fsp3) is 0. The quantitative estimate of drug-likeness (QED) is 0.341. The normalized spacial score (nSPS) is 10.7. The standard InChI is InChI=1S/C28H21N3/c29-28-26(24-8-4-20(5-9-24)22-12-16-30-17-13-22)2-1-3-27(28)25-10-6-21(7-11-25)23-14-18-31-19-15-23/h1-19H,29H2. The molecule has 0 aliphatic carbocycles. The van der Waals surface area contributed by atoms with Crippen molar-refractivity contribution in [2.24, 2.45) is 0 Å². The Balaban J connectivity index is 1.47. The number of anilines is 1. The van der Waals surface area contributed by atoms with Crippen molar-refractivity contribution in [2.45, 2.75) is 0 Å². The average Bonchev–Trinajstić information content (AvgIpc) is 2.86. The van der Waals surface area contributed by atoms with Crippen LogP contribution in [0.25, 0.3) is 44.5 Å². The van der Waals surface area contributed by atoms with Crippen LogP contribution in [0.5, 0.6) is 0 Å². The van der Waals surface area contributed by atoms with Crippen LogP contribution in [0.1, 0.15) is 0 Å². The SMILES string of the molecule is Nc1c(-c2ccc(-c3ccncc3)cc2)cccc1-c1ccc(-c2ccncc2)cc1. The third kappa shape index (κ3) is 3.81. The van der Waals surface area contributed by atoms with Crippen molar-refractivity contribution in [2.75, 3.05) is 5.73 Å². The van der Waals surface area contributed by atoms with Crippen molar-refractivity contribution < 1.29 is 0 Å². The van der Waals surface area contributed by atoms with Crippen molar-refractivity contribution >= 4 is 5.69 Å². The molecule has 5 rings (SSSR count). The van der Waals surface area contributed by atoms with Crippen LogP contribution in [0, 0.1) is 0 Å². The van der Waals surface area contributed by atoms with E-state index in [2.05, 4.69) is 76.7 Å². The lowest BCUT2D eigenvalue weighted by molar-refractivity contribution is 1.33. The number of aromatic nitrogens is 2. The molecule has 0 amide bonds. The summed E-state index contributed by atoms with van der Waals surface area (Å²) in [6.45, 7) is 0. The van der Waals surface area contributed by atoms with Crippen molar-refractivity contribution in [1.82, 2.24) is 9.97 Å². The van der Waals surface area contributed by atoms with E-state index in [1.54, 1.807) is 0 Å². The number of para-hydroxylation sites is 1. The predicted octanol–water partition coefficient (Wildman–Crippen LogP) is 6.73. The van der Waals surface area contributed by atoms with Gasteiger partial charge in [0.25, 0.3) is 0 Å². The second-order valence-corrected chi connectivity index (χ2v) is 7.39. The van der Waals surface area contributed by atoms with Crippen LogP contribution in [0.3, 0.4) is 0 Å². The zero-order valence-electron chi connectivity index (χ0n) is 16.9. The van der Waals surface area contributed by atoms with E-state index in [-0.39, 0.29) is 0 Å². The summed E-state index contributed by atoms with van der Waals surface area (Å²) in [6.07, 6.45) is 7.24. The van der Waals surface area contributed by atoms with E-state index in [0.717, 1.165) is 50.2 Å². The molecular weight excluding hydrogens is 378 g/mol. The number of rotatable bonds is 4. The van der Waals surface area contributed by atoms with Crippen LogP contribution in [-0.2, 0) is 0 Å². The summed E-state index contributed by atoms with van der Waals surface area (Å²) >= 11 is 0. The van der Waals surface area contributed by atoms with Crippen LogP contribution >= 0.6 is 0 Å². The lowest BCUT2D eigenvalue weighted by Crippen LogP contribution is -1.94. The maximum absolute atomic E-state index is 6.63. The lowest BCUT2D eigenvalue weighted by Gasteiger charge is -2.13. The molecule has 0 unspecified atom stereocenters. The van der Waals surface area contributed by atoms with E-state index in [4.69, 9.17) is 5.73 Å². The number of hydrogen-bond acceptors (Lipinski definition) is 3. The molecule has 3 heteroatoms. The molecule has 3 aromatic carbocycles. The fourth-order valence-electron chi connectivity index (χ4n) is 3.84. The Bertz CT molecular complexity index is 1190. The molecule has 0 aliphatic heterocycles. The molecule has 31 heavy (non-hydrogen) atoms. The van der Waals surface area contributed by atoms with Gasteiger partial charge >= 0.3 is 0 Å². The van der Waals surface area contributed by atoms with E-state index in [0.29, 0.717) is 0 Å². The van der Waals surface area contributed by atoms with Crippen molar-refractivity contribution in [1.29, 1.82) is 0 Å². The monoisotopic (exact) mass is 399 g/mol. The summed E-state index contributed by atoms with van der Waals surface area (Å²) in [7, 11) is 0. The second-order valence-electron chi connectivity index (χ2n) is 7.39. The molecule has 0 spiro atoms. The minimum atomic E-state index is 0.788. The number of nitrogen functional groups attached to an aromatic ring is 1. The Morgan fingerprint density at radius 2 is 0.710 bits per heavy atom. The lowest BCUT2D eigenvalue weighted by atomic mass is 9.94. The molecule has 0 saturated carbocycles. The summed E-state index contributed by atoms with van der Waals surface area (Å²) in [6, 6.07) is 31.3. The van der Waals surface area contributed by atoms with Crippen molar-refractivity contribution in [3.05, 3.63) is 116 Å². The zero-order chi connectivity index (χ0) is 21.0. The molecular formula is C28H21N3. The van der Waals surface area contributed by atoms with E-state index in [9.17, 15) is 0 Å². The number of nitrogens with two attached hydrogens (primary N) is 1. The molecule has 0 aliphatic rings. The summed E-state index contributed by atoms with van der Waals surface area (Å²) in [5.41, 5.74) is 16.3. The van der Waals surface area contributed by atoms with E-state index in [1.807, 2.05) is 49.1 Å². The summed E-state index contributed by atoms with van der Waals surface area (Å²) in [5, 5.41) is 0. The summed E-state index contributed by atoms with van der Waals surface area (Å²) in [4.78, 5) is 8.18.